The second-order valence-electron chi connectivity index (χ2n) is 5.13. The van der Waals surface area contributed by atoms with Gasteiger partial charge in [-0.1, -0.05) is 33.1 Å². The van der Waals surface area contributed by atoms with Crippen LogP contribution in [0.15, 0.2) is 0 Å². The van der Waals surface area contributed by atoms with Crippen molar-refractivity contribution in [2.24, 2.45) is 11.3 Å². The zero-order chi connectivity index (χ0) is 11.3. The second-order valence-corrected chi connectivity index (χ2v) is 5.13. The Balaban J connectivity index is 2.48. The van der Waals surface area contributed by atoms with Crippen LogP contribution in [-0.4, -0.2) is 11.2 Å². The van der Waals surface area contributed by atoms with Crippen LogP contribution in [0.5, 0.6) is 0 Å². The van der Waals surface area contributed by atoms with Crippen LogP contribution >= 0.6 is 0 Å². The molecule has 0 heterocycles. The maximum Gasteiger partial charge on any atom is 0.0834 e. The fourth-order valence-electron chi connectivity index (χ4n) is 2.67. The van der Waals surface area contributed by atoms with Gasteiger partial charge in [-0.25, -0.2) is 0 Å². The van der Waals surface area contributed by atoms with Crippen molar-refractivity contribution in [3.63, 3.8) is 0 Å². The summed E-state index contributed by atoms with van der Waals surface area (Å²) in [5.74, 6) is 0.602. The first-order valence-corrected chi connectivity index (χ1v) is 6.24. The van der Waals surface area contributed by atoms with E-state index < -0.39 is 11.5 Å². The number of rotatable bonds is 5. The first-order valence-electron chi connectivity index (χ1n) is 6.24. The van der Waals surface area contributed by atoms with Gasteiger partial charge in [0, 0.05) is 0 Å². The lowest BCUT2D eigenvalue weighted by Gasteiger charge is -2.27. The zero-order valence-corrected chi connectivity index (χ0v) is 10.00. The van der Waals surface area contributed by atoms with E-state index in [2.05, 4.69) is 19.9 Å². The molecule has 0 radical (unpaired) electrons. The normalized spacial score (nSPS) is 32.5. The van der Waals surface area contributed by atoms with Gasteiger partial charge in [0.25, 0.3) is 0 Å². The second kappa shape index (κ2) is 5.51. The van der Waals surface area contributed by atoms with Gasteiger partial charge in [0.05, 0.1) is 17.6 Å². The molecule has 1 aliphatic rings. The minimum Gasteiger partial charge on any atom is -0.391 e. The molecule has 86 valence electrons. The molecule has 3 unspecified atom stereocenters. The summed E-state index contributed by atoms with van der Waals surface area (Å²) < 4.78 is 0. The highest BCUT2D eigenvalue weighted by molar-refractivity contribution is 5.07. The van der Waals surface area contributed by atoms with E-state index in [9.17, 15) is 10.4 Å². The molecule has 2 heteroatoms. The van der Waals surface area contributed by atoms with Crippen LogP contribution < -0.4 is 0 Å². The SMILES string of the molecule is CCCCCC(O)C1(C#N)CCC(C)C1. The topological polar surface area (TPSA) is 44.0 Å². The summed E-state index contributed by atoms with van der Waals surface area (Å²) in [5.41, 5.74) is -0.423. The number of nitriles is 1. The number of hydrogen-bond donors (Lipinski definition) is 1. The molecule has 0 aromatic heterocycles. The fraction of sp³-hybridized carbons (Fsp3) is 0.923. The maximum atomic E-state index is 10.1. The Labute approximate surface area is 93.3 Å². The molecule has 0 aliphatic heterocycles. The minimum absolute atomic E-state index is 0.404. The van der Waals surface area contributed by atoms with E-state index in [1.54, 1.807) is 0 Å². The van der Waals surface area contributed by atoms with Crippen LogP contribution in [0.3, 0.4) is 0 Å². The molecule has 0 amide bonds. The first kappa shape index (κ1) is 12.5. The van der Waals surface area contributed by atoms with Crippen molar-refractivity contribution in [1.29, 1.82) is 5.26 Å². The molecular weight excluding hydrogens is 186 g/mol. The van der Waals surface area contributed by atoms with Crippen molar-refractivity contribution in [3.05, 3.63) is 0 Å². The Morgan fingerprint density at radius 3 is 2.73 bits per heavy atom. The zero-order valence-electron chi connectivity index (χ0n) is 10.00. The Hall–Kier alpha value is -0.550. The highest BCUT2D eigenvalue weighted by atomic mass is 16.3. The summed E-state index contributed by atoms with van der Waals surface area (Å²) >= 11 is 0. The summed E-state index contributed by atoms with van der Waals surface area (Å²) in [5, 5.41) is 19.4. The summed E-state index contributed by atoms with van der Waals surface area (Å²) in [7, 11) is 0. The number of aliphatic hydroxyl groups is 1. The van der Waals surface area contributed by atoms with E-state index in [4.69, 9.17) is 0 Å². The maximum absolute atomic E-state index is 10.1. The van der Waals surface area contributed by atoms with Crippen LogP contribution in [0.25, 0.3) is 0 Å². The molecule has 3 atom stereocenters. The molecule has 1 fully saturated rings. The molecule has 0 spiro atoms. The molecule has 1 saturated carbocycles. The van der Waals surface area contributed by atoms with Crippen molar-refractivity contribution in [2.75, 3.05) is 0 Å². The van der Waals surface area contributed by atoms with E-state index in [0.29, 0.717) is 5.92 Å². The van der Waals surface area contributed by atoms with E-state index in [0.717, 1.165) is 38.5 Å². The standard InChI is InChI=1S/C13H23NO/c1-3-4-5-6-12(15)13(10-14)8-7-11(2)9-13/h11-12,15H,3-9H2,1-2H3. The molecule has 0 aromatic carbocycles. The van der Waals surface area contributed by atoms with Crippen molar-refractivity contribution >= 4 is 0 Å². The molecule has 2 nitrogen and oxygen atoms in total. The Morgan fingerprint density at radius 2 is 2.27 bits per heavy atom. The minimum atomic E-state index is -0.423. The summed E-state index contributed by atoms with van der Waals surface area (Å²) in [6.07, 6.45) is 6.65. The fourth-order valence-corrected chi connectivity index (χ4v) is 2.67. The number of hydrogen-bond acceptors (Lipinski definition) is 2. The number of aliphatic hydroxyl groups excluding tert-OH is 1. The van der Waals surface area contributed by atoms with Gasteiger partial charge in [0.1, 0.15) is 0 Å². The third-order valence-corrected chi connectivity index (χ3v) is 3.74. The van der Waals surface area contributed by atoms with Crippen molar-refractivity contribution in [3.8, 4) is 6.07 Å². The number of nitrogens with zero attached hydrogens (tertiary/aromatic N) is 1. The lowest BCUT2D eigenvalue weighted by Crippen LogP contribution is -2.31. The van der Waals surface area contributed by atoms with Gasteiger partial charge in [-0.15, -0.1) is 0 Å². The molecule has 15 heavy (non-hydrogen) atoms. The lowest BCUT2D eigenvalue weighted by atomic mass is 9.79. The molecule has 0 bridgehead atoms. The quantitative estimate of drug-likeness (QED) is 0.706. The van der Waals surface area contributed by atoms with Crippen LogP contribution in [0.4, 0.5) is 0 Å². The monoisotopic (exact) mass is 209 g/mol. The van der Waals surface area contributed by atoms with Crippen LogP contribution in [0.1, 0.15) is 58.8 Å². The van der Waals surface area contributed by atoms with Gasteiger partial charge in [0.15, 0.2) is 0 Å². The third-order valence-electron chi connectivity index (χ3n) is 3.74. The lowest BCUT2D eigenvalue weighted by molar-refractivity contribution is 0.0555. The highest BCUT2D eigenvalue weighted by Gasteiger charge is 2.43. The van der Waals surface area contributed by atoms with Gasteiger partial charge < -0.3 is 5.11 Å². The Kier molecular flexibility index (Phi) is 4.60. The van der Waals surface area contributed by atoms with Gasteiger partial charge >= 0.3 is 0 Å². The van der Waals surface area contributed by atoms with E-state index in [1.165, 1.54) is 6.42 Å². The van der Waals surface area contributed by atoms with E-state index in [1.807, 2.05) is 0 Å². The van der Waals surface area contributed by atoms with E-state index in [-0.39, 0.29) is 0 Å². The van der Waals surface area contributed by atoms with Crippen molar-refractivity contribution in [1.82, 2.24) is 0 Å². The van der Waals surface area contributed by atoms with Crippen molar-refractivity contribution < 1.29 is 5.11 Å². The van der Waals surface area contributed by atoms with Gasteiger partial charge in [-0.2, -0.15) is 5.26 Å². The molecule has 0 saturated heterocycles. The summed E-state index contributed by atoms with van der Waals surface area (Å²) in [6, 6.07) is 2.38. The van der Waals surface area contributed by atoms with Gasteiger partial charge in [0.2, 0.25) is 0 Å². The average molecular weight is 209 g/mol. The summed E-state index contributed by atoms with van der Waals surface area (Å²) in [4.78, 5) is 0. The van der Waals surface area contributed by atoms with Crippen LogP contribution in [-0.2, 0) is 0 Å². The molecule has 1 aliphatic carbocycles. The van der Waals surface area contributed by atoms with Gasteiger partial charge in [-0.3, -0.25) is 0 Å². The van der Waals surface area contributed by atoms with Gasteiger partial charge in [-0.05, 0) is 31.6 Å². The van der Waals surface area contributed by atoms with Crippen molar-refractivity contribution in [2.45, 2.75) is 64.9 Å². The Bertz CT molecular complexity index is 233. The first-order chi connectivity index (χ1) is 7.14. The van der Waals surface area contributed by atoms with Crippen LogP contribution in [0.2, 0.25) is 0 Å². The van der Waals surface area contributed by atoms with Crippen LogP contribution in [0, 0.1) is 22.7 Å². The Morgan fingerprint density at radius 1 is 1.53 bits per heavy atom. The molecular formula is C13H23NO. The average Bonchev–Trinajstić information content (AvgIpc) is 2.62. The largest absolute Gasteiger partial charge is 0.391 e. The third kappa shape index (κ3) is 2.95. The molecule has 1 rings (SSSR count). The summed E-state index contributed by atoms with van der Waals surface area (Å²) in [6.45, 7) is 4.34. The number of unbranched alkanes of at least 4 members (excludes halogenated alkanes) is 2. The predicted octanol–water partition coefficient (Wildman–Crippen LogP) is 3.26. The smallest absolute Gasteiger partial charge is 0.0834 e. The predicted molar refractivity (Wildman–Crippen MR) is 61.2 cm³/mol. The molecule has 1 N–H and O–H groups in total. The highest BCUT2D eigenvalue weighted by Crippen LogP contribution is 2.44. The molecule has 0 aromatic rings. The van der Waals surface area contributed by atoms with E-state index >= 15 is 0 Å².